The molecule has 0 spiro atoms. The van der Waals surface area contributed by atoms with Crippen molar-refractivity contribution < 1.29 is 0 Å². The molecule has 3 nitrogen and oxygen atoms in total. The smallest absolute Gasteiger partial charge is 0.0991 e. The Balaban J connectivity index is 1.95. The monoisotopic (exact) mass is 379 g/mol. The normalized spacial score (nSPS) is 10.8. The van der Waals surface area contributed by atoms with E-state index in [9.17, 15) is 0 Å². The van der Waals surface area contributed by atoms with Crippen LogP contribution < -0.4 is 5.73 Å². The summed E-state index contributed by atoms with van der Waals surface area (Å²) >= 11 is 12.1. The maximum Gasteiger partial charge on any atom is 0.0991 e. The Kier molecular flexibility index (Phi) is 4.41. The molecule has 0 aliphatic heterocycles. The topological polar surface area (TPSA) is 43.8 Å². The average Bonchev–Trinajstić information content (AvgIpc) is 3.18. The van der Waals surface area contributed by atoms with E-state index in [1.54, 1.807) is 12.5 Å². The second kappa shape index (κ2) is 6.87. The molecule has 0 aliphatic rings. The SMILES string of the molecule is Nc1c(-c2ccc(Cl)cc2)cc(-n2ccnc2)cc1-c1ccc(Cl)cc1. The van der Waals surface area contributed by atoms with E-state index >= 15 is 0 Å². The van der Waals surface area contributed by atoms with Gasteiger partial charge in [-0.05, 0) is 47.5 Å². The van der Waals surface area contributed by atoms with Crippen molar-refractivity contribution in [3.05, 3.63) is 89.4 Å². The number of anilines is 1. The highest BCUT2D eigenvalue weighted by molar-refractivity contribution is 6.31. The van der Waals surface area contributed by atoms with Crippen LogP contribution in [0.5, 0.6) is 0 Å². The number of nitrogens with zero attached hydrogens (tertiary/aromatic N) is 2. The van der Waals surface area contributed by atoms with Gasteiger partial charge < -0.3 is 10.3 Å². The number of hydrogen-bond acceptors (Lipinski definition) is 2. The minimum Gasteiger partial charge on any atom is -0.398 e. The number of nitrogen functional groups attached to an aromatic ring is 1. The highest BCUT2D eigenvalue weighted by atomic mass is 35.5. The van der Waals surface area contributed by atoms with Gasteiger partial charge in [-0.1, -0.05) is 47.5 Å². The second-order valence-electron chi connectivity index (χ2n) is 5.94. The molecule has 0 bridgehead atoms. The van der Waals surface area contributed by atoms with Gasteiger partial charge in [-0.2, -0.15) is 0 Å². The third-order valence-electron chi connectivity index (χ3n) is 4.28. The fraction of sp³-hybridized carbons (Fsp3) is 0. The zero-order chi connectivity index (χ0) is 18.1. The van der Waals surface area contributed by atoms with Crippen molar-refractivity contribution in [2.24, 2.45) is 0 Å². The summed E-state index contributed by atoms with van der Waals surface area (Å²) in [7, 11) is 0. The van der Waals surface area contributed by atoms with Gasteiger partial charge in [0.1, 0.15) is 0 Å². The number of benzene rings is 3. The molecule has 0 saturated carbocycles. The molecule has 0 unspecified atom stereocenters. The first kappa shape index (κ1) is 16.7. The molecule has 26 heavy (non-hydrogen) atoms. The summed E-state index contributed by atoms with van der Waals surface area (Å²) in [5.41, 5.74) is 12.1. The molecular formula is C21H15Cl2N3. The molecule has 0 saturated heterocycles. The zero-order valence-corrected chi connectivity index (χ0v) is 15.2. The quantitative estimate of drug-likeness (QED) is 0.437. The summed E-state index contributed by atoms with van der Waals surface area (Å²) in [6.07, 6.45) is 5.42. The fourth-order valence-electron chi connectivity index (χ4n) is 2.94. The van der Waals surface area contributed by atoms with Crippen molar-refractivity contribution in [3.63, 3.8) is 0 Å². The van der Waals surface area contributed by atoms with Crippen LogP contribution >= 0.6 is 23.2 Å². The van der Waals surface area contributed by atoms with E-state index in [2.05, 4.69) is 17.1 Å². The summed E-state index contributed by atoms with van der Waals surface area (Å²) in [6.45, 7) is 0. The number of rotatable bonds is 3. The molecule has 128 valence electrons. The number of hydrogen-bond donors (Lipinski definition) is 1. The predicted molar refractivity (Wildman–Crippen MR) is 109 cm³/mol. The van der Waals surface area contributed by atoms with Crippen LogP contribution in [0, 0.1) is 0 Å². The molecule has 1 heterocycles. The van der Waals surface area contributed by atoms with Crippen LogP contribution in [0.4, 0.5) is 5.69 Å². The standard InChI is InChI=1S/C21H15Cl2N3/c22-16-5-1-14(2-6-16)19-11-18(26-10-9-25-13-26)12-20(21(19)24)15-3-7-17(23)8-4-15/h1-13H,24H2. The maximum atomic E-state index is 6.55. The van der Waals surface area contributed by atoms with E-state index in [0.717, 1.165) is 27.9 Å². The Morgan fingerprint density at radius 1 is 0.769 bits per heavy atom. The van der Waals surface area contributed by atoms with Gasteiger partial charge in [-0.3, -0.25) is 0 Å². The third-order valence-corrected chi connectivity index (χ3v) is 4.78. The van der Waals surface area contributed by atoms with Crippen molar-refractivity contribution in [2.45, 2.75) is 0 Å². The molecule has 0 atom stereocenters. The molecule has 0 radical (unpaired) electrons. The van der Waals surface area contributed by atoms with Crippen LogP contribution in [0.15, 0.2) is 79.4 Å². The van der Waals surface area contributed by atoms with Crippen LogP contribution in [-0.4, -0.2) is 9.55 Å². The van der Waals surface area contributed by atoms with E-state index < -0.39 is 0 Å². The van der Waals surface area contributed by atoms with E-state index in [1.165, 1.54) is 0 Å². The van der Waals surface area contributed by atoms with Crippen LogP contribution in [0.25, 0.3) is 27.9 Å². The molecule has 4 rings (SSSR count). The van der Waals surface area contributed by atoms with E-state index in [1.807, 2.05) is 59.3 Å². The van der Waals surface area contributed by atoms with Crippen LogP contribution in [0.1, 0.15) is 0 Å². The van der Waals surface area contributed by atoms with Crippen molar-refractivity contribution in [2.75, 3.05) is 5.73 Å². The van der Waals surface area contributed by atoms with Gasteiger partial charge in [0.15, 0.2) is 0 Å². The summed E-state index contributed by atoms with van der Waals surface area (Å²) in [6, 6.07) is 19.4. The van der Waals surface area contributed by atoms with Gasteiger partial charge in [-0.15, -0.1) is 0 Å². The van der Waals surface area contributed by atoms with E-state index in [-0.39, 0.29) is 0 Å². The van der Waals surface area contributed by atoms with Gasteiger partial charge >= 0.3 is 0 Å². The maximum absolute atomic E-state index is 6.55. The third kappa shape index (κ3) is 3.19. The summed E-state index contributed by atoms with van der Waals surface area (Å²) < 4.78 is 1.96. The number of nitrogens with two attached hydrogens (primary N) is 1. The van der Waals surface area contributed by atoms with Gasteiger partial charge in [0, 0.05) is 44.9 Å². The first-order valence-electron chi connectivity index (χ1n) is 8.05. The summed E-state index contributed by atoms with van der Waals surface area (Å²) in [4.78, 5) is 4.15. The van der Waals surface area contributed by atoms with Gasteiger partial charge in [0.05, 0.1) is 6.33 Å². The highest BCUT2D eigenvalue weighted by Crippen LogP contribution is 2.38. The lowest BCUT2D eigenvalue weighted by Crippen LogP contribution is -1.99. The van der Waals surface area contributed by atoms with Gasteiger partial charge in [0.25, 0.3) is 0 Å². The Hall–Kier alpha value is -2.75. The first-order valence-corrected chi connectivity index (χ1v) is 8.81. The van der Waals surface area contributed by atoms with Gasteiger partial charge in [-0.25, -0.2) is 4.98 Å². The Labute approximate surface area is 161 Å². The number of aromatic nitrogens is 2. The average molecular weight is 380 g/mol. The lowest BCUT2D eigenvalue weighted by Gasteiger charge is -2.15. The minimum atomic E-state index is 0.691. The Morgan fingerprint density at radius 3 is 1.69 bits per heavy atom. The zero-order valence-electron chi connectivity index (χ0n) is 13.7. The molecule has 5 heteroatoms. The van der Waals surface area contributed by atoms with Crippen LogP contribution in [0.3, 0.4) is 0 Å². The van der Waals surface area contributed by atoms with Crippen LogP contribution in [-0.2, 0) is 0 Å². The lowest BCUT2D eigenvalue weighted by molar-refractivity contribution is 1.06. The van der Waals surface area contributed by atoms with E-state index in [4.69, 9.17) is 28.9 Å². The highest BCUT2D eigenvalue weighted by Gasteiger charge is 2.13. The molecule has 4 aromatic rings. The largest absolute Gasteiger partial charge is 0.398 e. The predicted octanol–water partition coefficient (Wildman–Crippen LogP) is 6.10. The minimum absolute atomic E-state index is 0.691. The van der Waals surface area contributed by atoms with Crippen molar-refractivity contribution in [3.8, 4) is 27.9 Å². The molecule has 3 aromatic carbocycles. The Morgan fingerprint density at radius 2 is 1.27 bits per heavy atom. The van der Waals surface area contributed by atoms with Crippen molar-refractivity contribution in [1.29, 1.82) is 0 Å². The van der Waals surface area contributed by atoms with Gasteiger partial charge in [0.2, 0.25) is 0 Å². The van der Waals surface area contributed by atoms with E-state index in [0.29, 0.717) is 15.7 Å². The molecule has 0 aliphatic carbocycles. The fourth-order valence-corrected chi connectivity index (χ4v) is 3.19. The Bertz CT molecular complexity index is 971. The van der Waals surface area contributed by atoms with Crippen LogP contribution in [0.2, 0.25) is 10.0 Å². The summed E-state index contributed by atoms with van der Waals surface area (Å²) in [5, 5.41) is 1.38. The second-order valence-corrected chi connectivity index (χ2v) is 6.81. The lowest BCUT2D eigenvalue weighted by atomic mass is 9.95. The molecule has 1 aromatic heterocycles. The molecule has 0 fully saturated rings. The molecule has 0 amide bonds. The summed E-state index contributed by atoms with van der Waals surface area (Å²) in [5.74, 6) is 0. The molecular weight excluding hydrogens is 365 g/mol. The van der Waals surface area contributed by atoms with Crippen molar-refractivity contribution in [1.82, 2.24) is 9.55 Å². The molecule has 2 N–H and O–H groups in total. The number of imidazole rings is 1. The van der Waals surface area contributed by atoms with Crippen molar-refractivity contribution >= 4 is 28.9 Å². The number of halogens is 2. The first-order chi connectivity index (χ1) is 12.6.